The second-order valence-electron chi connectivity index (χ2n) is 15.0. The van der Waals surface area contributed by atoms with E-state index in [0.717, 1.165) is 24.8 Å². The van der Waals surface area contributed by atoms with Crippen LogP contribution in [0.5, 0.6) is 5.75 Å². The molecule has 5 aliphatic rings. The lowest BCUT2D eigenvalue weighted by Gasteiger charge is -2.41. The minimum absolute atomic E-state index is 0.0574. The van der Waals surface area contributed by atoms with Gasteiger partial charge in [0.2, 0.25) is 0 Å². The van der Waals surface area contributed by atoms with E-state index in [9.17, 15) is 0 Å². The zero-order valence-electron chi connectivity index (χ0n) is 27.3. The van der Waals surface area contributed by atoms with Crippen molar-refractivity contribution < 1.29 is 4.74 Å². The number of hydrogen-bond acceptors (Lipinski definition) is 3. The Kier molecular flexibility index (Phi) is 5.80. The van der Waals surface area contributed by atoms with Crippen molar-refractivity contribution in [2.24, 2.45) is 11.8 Å². The molecule has 1 spiro atoms. The molecule has 3 heteroatoms. The van der Waals surface area contributed by atoms with Crippen molar-refractivity contribution in [2.45, 2.75) is 56.0 Å². The highest BCUT2D eigenvalue weighted by Gasteiger charge is 2.58. The fourth-order valence-corrected chi connectivity index (χ4v) is 11.6. The van der Waals surface area contributed by atoms with Crippen LogP contribution in [0.3, 0.4) is 0 Å². The van der Waals surface area contributed by atoms with Crippen molar-refractivity contribution in [1.82, 2.24) is 0 Å². The summed E-state index contributed by atoms with van der Waals surface area (Å²) in [7, 11) is 0. The van der Waals surface area contributed by atoms with Gasteiger partial charge in [-0.2, -0.15) is 0 Å². The Morgan fingerprint density at radius 3 is 2.38 bits per heavy atom. The lowest BCUT2D eigenvalue weighted by Crippen LogP contribution is -2.36. The fourth-order valence-electron chi connectivity index (χ4n) is 10.8. The smallest absolute Gasteiger partial charge is 0.178 e. The highest BCUT2D eigenvalue weighted by atomic mass is 32.1. The number of thiophene rings is 1. The van der Waals surface area contributed by atoms with E-state index in [-0.39, 0.29) is 5.41 Å². The van der Waals surface area contributed by atoms with Gasteiger partial charge in [-0.25, -0.2) is 0 Å². The Morgan fingerprint density at radius 1 is 0.750 bits per heavy atom. The van der Waals surface area contributed by atoms with E-state index in [1.54, 1.807) is 11.1 Å². The van der Waals surface area contributed by atoms with E-state index < -0.39 is 5.60 Å². The second-order valence-corrected chi connectivity index (χ2v) is 16.0. The molecule has 4 atom stereocenters. The molecule has 6 aromatic rings. The van der Waals surface area contributed by atoms with E-state index in [1.807, 2.05) is 11.3 Å². The summed E-state index contributed by atoms with van der Waals surface area (Å²) in [6.07, 6.45) is 14.1. The Balaban J connectivity index is 1.19. The number of rotatable bonds is 3. The van der Waals surface area contributed by atoms with Gasteiger partial charge in [-0.3, -0.25) is 0 Å². The number of hydrogen-bond donors (Lipinski definition) is 0. The number of anilines is 1. The molecule has 236 valence electrons. The lowest BCUT2D eigenvalue weighted by molar-refractivity contribution is 0.163. The van der Waals surface area contributed by atoms with Crippen molar-refractivity contribution in [3.63, 3.8) is 0 Å². The largest absolute Gasteiger partial charge is 0.472 e. The number of fused-ring (bicyclic) bond motifs is 15. The maximum Gasteiger partial charge on any atom is 0.178 e. The first-order valence-electron chi connectivity index (χ1n) is 18.1. The van der Waals surface area contributed by atoms with Crippen molar-refractivity contribution in [1.29, 1.82) is 0 Å². The van der Waals surface area contributed by atoms with E-state index >= 15 is 0 Å². The highest BCUT2D eigenvalue weighted by Crippen LogP contribution is 2.69. The van der Waals surface area contributed by atoms with Crippen LogP contribution in [0.4, 0.5) is 5.69 Å². The molecule has 5 aromatic carbocycles. The van der Waals surface area contributed by atoms with Crippen LogP contribution in [0.1, 0.15) is 72.8 Å². The summed E-state index contributed by atoms with van der Waals surface area (Å²) in [6, 6.07) is 36.7. The van der Waals surface area contributed by atoms with Crippen molar-refractivity contribution in [3.8, 4) is 16.9 Å². The quantitative estimate of drug-likeness (QED) is 0.191. The molecule has 3 aliphatic carbocycles. The first kappa shape index (κ1) is 27.6. The van der Waals surface area contributed by atoms with Crippen molar-refractivity contribution in [3.05, 3.63) is 136 Å². The Labute approximate surface area is 286 Å². The van der Waals surface area contributed by atoms with Crippen molar-refractivity contribution >= 4 is 44.0 Å². The maximum absolute atomic E-state index is 7.73. The summed E-state index contributed by atoms with van der Waals surface area (Å²) in [6.45, 7) is 2.29. The van der Waals surface area contributed by atoms with E-state index in [4.69, 9.17) is 4.74 Å². The summed E-state index contributed by atoms with van der Waals surface area (Å²) in [5, 5.41) is 6.25. The van der Waals surface area contributed by atoms with E-state index in [0.29, 0.717) is 5.92 Å². The molecule has 2 bridgehead atoms. The molecule has 0 radical (unpaired) electrons. The molecule has 2 saturated carbocycles. The monoisotopic (exact) mass is 641 g/mol. The van der Waals surface area contributed by atoms with Gasteiger partial charge in [0.1, 0.15) is 5.75 Å². The van der Waals surface area contributed by atoms with Gasteiger partial charge in [0.25, 0.3) is 0 Å². The third kappa shape index (κ3) is 3.58. The molecule has 11 rings (SSSR count). The number of piperidine rings is 1. The molecule has 3 heterocycles. The first-order chi connectivity index (χ1) is 23.7. The average molecular weight is 642 g/mol. The Morgan fingerprint density at radius 2 is 1.56 bits per heavy atom. The van der Waals surface area contributed by atoms with Gasteiger partial charge < -0.3 is 9.64 Å². The van der Waals surface area contributed by atoms with Gasteiger partial charge in [0.15, 0.2) is 5.60 Å². The Bertz CT molecular complexity index is 2280. The van der Waals surface area contributed by atoms with Gasteiger partial charge in [-0.1, -0.05) is 79.2 Å². The molecule has 0 N–H and O–H groups in total. The van der Waals surface area contributed by atoms with Gasteiger partial charge in [0, 0.05) is 61.7 Å². The van der Waals surface area contributed by atoms with Crippen LogP contribution in [0.15, 0.2) is 109 Å². The zero-order valence-corrected chi connectivity index (χ0v) is 28.1. The maximum atomic E-state index is 7.73. The second kappa shape index (κ2) is 10.1. The number of ether oxygens (including phenoxy) is 1. The Hall–Kier alpha value is -4.34. The molecular weight excluding hydrogens is 603 g/mol. The lowest BCUT2D eigenvalue weighted by atomic mass is 9.65. The predicted molar refractivity (Wildman–Crippen MR) is 200 cm³/mol. The summed E-state index contributed by atoms with van der Waals surface area (Å²) >= 11 is 1.85. The average Bonchev–Trinajstić information content (AvgIpc) is 3.96. The normalized spacial score (nSPS) is 26.6. The minimum atomic E-state index is -0.729. The van der Waals surface area contributed by atoms with Gasteiger partial charge >= 0.3 is 0 Å². The summed E-state index contributed by atoms with van der Waals surface area (Å²) in [5.41, 5.74) is 10.4. The zero-order chi connectivity index (χ0) is 31.5. The molecule has 1 saturated heterocycles. The standard InChI is InChI=1S/C45H39NOS/c1-3-9-30(10-4-1)45(31-15-17-33(18-16-31)46-24-7-2-8-25-46)23-21-37-42-41(40-35-22-26-48-39(35)20-19-36(40)43(37)47-45)34-11-5-6-12-38(34)44(42)28-29-13-14-32(44)27-29/h1,3-6,9-12,15-23,26,29,32H,2,7-8,13-14,24-25,27-28H2. The van der Waals surface area contributed by atoms with Gasteiger partial charge in [-0.05, 0) is 114 Å². The molecule has 3 fully saturated rings. The van der Waals surface area contributed by atoms with Crippen LogP contribution in [-0.4, -0.2) is 13.1 Å². The van der Waals surface area contributed by atoms with Crippen LogP contribution in [0.2, 0.25) is 0 Å². The third-order valence-corrected chi connectivity index (χ3v) is 13.7. The predicted octanol–water partition coefficient (Wildman–Crippen LogP) is 11.5. The molecule has 1 aromatic heterocycles. The number of nitrogens with zero attached hydrogens (tertiary/aromatic N) is 1. The summed E-state index contributed by atoms with van der Waals surface area (Å²) in [5.74, 6) is 2.55. The van der Waals surface area contributed by atoms with Crippen LogP contribution >= 0.6 is 11.3 Å². The topological polar surface area (TPSA) is 12.5 Å². The van der Waals surface area contributed by atoms with Crippen LogP contribution in [0.25, 0.3) is 38.1 Å². The van der Waals surface area contributed by atoms with E-state index in [1.165, 1.54) is 99.3 Å². The SMILES string of the molecule is C1=CC(c2ccccc2)(c2ccc(N3CCCCC3)cc2)Oc2c1c1c(c3c2ccc2sccc23)-c2ccccc2C12CC1CCC2C1. The molecular formula is C45H39NOS. The minimum Gasteiger partial charge on any atom is -0.472 e. The van der Waals surface area contributed by atoms with Gasteiger partial charge in [0.05, 0.1) is 0 Å². The van der Waals surface area contributed by atoms with Gasteiger partial charge in [-0.15, -0.1) is 11.3 Å². The molecule has 48 heavy (non-hydrogen) atoms. The van der Waals surface area contributed by atoms with Crippen LogP contribution < -0.4 is 9.64 Å². The summed E-state index contributed by atoms with van der Waals surface area (Å²) < 4.78 is 9.08. The third-order valence-electron chi connectivity index (χ3n) is 12.8. The molecule has 2 aliphatic heterocycles. The molecule has 4 unspecified atom stereocenters. The van der Waals surface area contributed by atoms with E-state index in [2.05, 4.69) is 119 Å². The summed E-state index contributed by atoms with van der Waals surface area (Å²) in [4.78, 5) is 2.55. The number of benzene rings is 5. The fraction of sp³-hybridized carbons (Fsp3) is 0.289. The van der Waals surface area contributed by atoms with Crippen molar-refractivity contribution in [2.75, 3.05) is 18.0 Å². The molecule has 0 amide bonds. The first-order valence-corrected chi connectivity index (χ1v) is 19.0. The highest BCUT2D eigenvalue weighted by molar-refractivity contribution is 7.17. The molecule has 2 nitrogen and oxygen atoms in total. The van der Waals surface area contributed by atoms with Crippen LogP contribution in [0, 0.1) is 11.8 Å². The van der Waals surface area contributed by atoms with Crippen LogP contribution in [-0.2, 0) is 11.0 Å².